The molecule has 0 bridgehead atoms. The van der Waals surface area contributed by atoms with Gasteiger partial charge in [0.05, 0.1) is 33.1 Å². The molecule has 13 rings (SSSR count). The Kier molecular flexibility index (Phi) is 7.21. The largest absolute Gasteiger partial charge is 0.309 e. The molecule has 0 fully saturated rings. The van der Waals surface area contributed by atoms with Crippen LogP contribution in [0, 0.1) is 0 Å². The van der Waals surface area contributed by atoms with Crippen LogP contribution in [0.1, 0.15) is 0 Å². The highest BCUT2D eigenvalue weighted by Crippen LogP contribution is 2.43. The van der Waals surface area contributed by atoms with Gasteiger partial charge in [0.1, 0.15) is 0 Å². The number of rotatable bonds is 5. The zero-order valence-corrected chi connectivity index (χ0v) is 32.8. The number of hydrogen-bond donors (Lipinski definition) is 0. The van der Waals surface area contributed by atoms with Gasteiger partial charge in [-0.2, -0.15) is 9.97 Å². The minimum absolute atomic E-state index is 0.556. The zero-order valence-electron chi connectivity index (χ0n) is 32.8. The molecule has 9 aromatic carbocycles. The SMILES string of the molecule is c1ccc(-c2nc(-c3ccccc3)nc(-n3c4ccc(-n5c6ccccc6c6ccccc65)cc4c4ccc5c6ccccc6n(-c6ccc7ccccc7c6)c5c43)n2)cc1. The fraction of sp³-hybridized carbons (Fsp3) is 0. The fourth-order valence-corrected chi connectivity index (χ4v) is 9.57. The average Bonchev–Trinajstić information content (AvgIpc) is 3.97. The molecule has 0 saturated carbocycles. The second-order valence-electron chi connectivity index (χ2n) is 15.7. The Morgan fingerprint density at radius 1 is 0.279 bits per heavy atom. The van der Waals surface area contributed by atoms with Crippen molar-refractivity contribution in [3.05, 3.63) is 206 Å². The van der Waals surface area contributed by atoms with Crippen molar-refractivity contribution in [2.75, 3.05) is 0 Å². The number of para-hydroxylation sites is 3. The molecule has 61 heavy (non-hydrogen) atoms. The first-order valence-electron chi connectivity index (χ1n) is 20.6. The third-order valence-electron chi connectivity index (χ3n) is 12.3. The van der Waals surface area contributed by atoms with Gasteiger partial charge in [-0.25, -0.2) is 4.98 Å². The van der Waals surface area contributed by atoms with Crippen molar-refractivity contribution >= 4 is 76.2 Å². The Morgan fingerprint density at radius 2 is 0.738 bits per heavy atom. The second kappa shape index (κ2) is 13.1. The molecule has 13 aromatic rings. The molecule has 4 heterocycles. The smallest absolute Gasteiger partial charge is 0.238 e. The van der Waals surface area contributed by atoms with Gasteiger partial charge < -0.3 is 9.13 Å². The summed E-state index contributed by atoms with van der Waals surface area (Å²) in [6, 6.07) is 73.3. The molecule has 0 aliphatic rings. The predicted octanol–water partition coefficient (Wildman–Crippen LogP) is 13.7. The van der Waals surface area contributed by atoms with Gasteiger partial charge in [0.15, 0.2) is 11.6 Å². The summed E-state index contributed by atoms with van der Waals surface area (Å²) in [5.41, 5.74) is 10.6. The highest BCUT2D eigenvalue weighted by Gasteiger charge is 2.24. The molecule has 6 heteroatoms. The Hall–Kier alpha value is -8.35. The first-order valence-corrected chi connectivity index (χ1v) is 20.6. The average molecular weight is 779 g/mol. The molecular formula is C55H34N6. The van der Waals surface area contributed by atoms with E-state index in [-0.39, 0.29) is 0 Å². The Morgan fingerprint density at radius 3 is 1.38 bits per heavy atom. The molecule has 0 aliphatic carbocycles. The molecule has 4 aromatic heterocycles. The molecule has 0 atom stereocenters. The topological polar surface area (TPSA) is 53.5 Å². The number of benzene rings is 9. The highest BCUT2D eigenvalue weighted by atomic mass is 15.2. The lowest BCUT2D eigenvalue weighted by Gasteiger charge is -2.14. The Labute approximate surface area is 349 Å². The van der Waals surface area contributed by atoms with E-state index in [0.717, 1.165) is 60.7 Å². The molecule has 0 amide bonds. The summed E-state index contributed by atoms with van der Waals surface area (Å²) in [6.07, 6.45) is 0. The van der Waals surface area contributed by atoms with Crippen molar-refractivity contribution in [2.45, 2.75) is 0 Å². The molecule has 0 saturated heterocycles. The van der Waals surface area contributed by atoms with E-state index in [1.165, 1.54) is 38.0 Å². The van der Waals surface area contributed by atoms with Crippen molar-refractivity contribution in [2.24, 2.45) is 0 Å². The fourth-order valence-electron chi connectivity index (χ4n) is 9.57. The molecule has 0 N–H and O–H groups in total. The number of aromatic nitrogens is 6. The van der Waals surface area contributed by atoms with Crippen molar-refractivity contribution in [1.82, 2.24) is 28.7 Å². The Bertz CT molecular complexity index is 3760. The molecule has 0 spiro atoms. The van der Waals surface area contributed by atoms with Crippen LogP contribution in [0.3, 0.4) is 0 Å². The summed E-state index contributed by atoms with van der Waals surface area (Å²) in [5, 5.41) is 9.41. The van der Waals surface area contributed by atoms with Crippen LogP contribution < -0.4 is 0 Å². The van der Waals surface area contributed by atoms with Crippen LogP contribution in [0.2, 0.25) is 0 Å². The van der Waals surface area contributed by atoms with E-state index in [4.69, 9.17) is 15.0 Å². The third-order valence-corrected chi connectivity index (χ3v) is 12.3. The maximum Gasteiger partial charge on any atom is 0.238 e. The first kappa shape index (κ1) is 33.6. The lowest BCUT2D eigenvalue weighted by Crippen LogP contribution is -2.07. The summed E-state index contributed by atoms with van der Waals surface area (Å²) in [7, 11) is 0. The van der Waals surface area contributed by atoms with Gasteiger partial charge in [-0.15, -0.1) is 0 Å². The number of fused-ring (bicyclic) bond motifs is 11. The summed E-state index contributed by atoms with van der Waals surface area (Å²) >= 11 is 0. The van der Waals surface area contributed by atoms with Gasteiger partial charge in [0.2, 0.25) is 5.95 Å². The van der Waals surface area contributed by atoms with Crippen molar-refractivity contribution in [3.63, 3.8) is 0 Å². The quantitative estimate of drug-likeness (QED) is 0.175. The maximum atomic E-state index is 5.36. The van der Waals surface area contributed by atoms with Gasteiger partial charge in [-0.3, -0.25) is 4.57 Å². The molecule has 284 valence electrons. The van der Waals surface area contributed by atoms with Gasteiger partial charge in [0, 0.05) is 54.8 Å². The van der Waals surface area contributed by atoms with E-state index in [1.807, 2.05) is 36.4 Å². The summed E-state index contributed by atoms with van der Waals surface area (Å²) in [6.45, 7) is 0. The van der Waals surface area contributed by atoms with Crippen LogP contribution in [0.15, 0.2) is 206 Å². The maximum absolute atomic E-state index is 5.36. The van der Waals surface area contributed by atoms with Crippen LogP contribution >= 0.6 is 0 Å². The third kappa shape index (κ3) is 5.06. The molecule has 6 nitrogen and oxygen atoms in total. The van der Waals surface area contributed by atoms with E-state index in [0.29, 0.717) is 17.6 Å². The van der Waals surface area contributed by atoms with Crippen molar-refractivity contribution in [3.8, 4) is 40.1 Å². The molecule has 0 aliphatic heterocycles. The van der Waals surface area contributed by atoms with Crippen LogP contribution in [0.25, 0.3) is 116 Å². The van der Waals surface area contributed by atoms with Gasteiger partial charge in [-0.1, -0.05) is 158 Å². The van der Waals surface area contributed by atoms with Crippen molar-refractivity contribution < 1.29 is 0 Å². The summed E-state index contributed by atoms with van der Waals surface area (Å²) < 4.78 is 7.10. The Balaban J connectivity index is 1.20. The van der Waals surface area contributed by atoms with Crippen molar-refractivity contribution in [1.29, 1.82) is 0 Å². The van der Waals surface area contributed by atoms with Crippen LogP contribution in [0.4, 0.5) is 0 Å². The van der Waals surface area contributed by atoms with E-state index < -0.39 is 0 Å². The van der Waals surface area contributed by atoms with Gasteiger partial charge in [0.25, 0.3) is 0 Å². The van der Waals surface area contributed by atoms with Crippen LogP contribution in [0.5, 0.6) is 0 Å². The van der Waals surface area contributed by atoms with E-state index >= 15 is 0 Å². The minimum Gasteiger partial charge on any atom is -0.309 e. The van der Waals surface area contributed by atoms with E-state index in [9.17, 15) is 0 Å². The molecule has 0 radical (unpaired) electrons. The highest BCUT2D eigenvalue weighted by molar-refractivity contribution is 6.24. The number of nitrogens with zero attached hydrogens (tertiary/aromatic N) is 6. The summed E-state index contributed by atoms with van der Waals surface area (Å²) in [5.74, 6) is 1.78. The number of hydrogen-bond acceptors (Lipinski definition) is 3. The van der Waals surface area contributed by atoms with Crippen LogP contribution in [-0.4, -0.2) is 28.7 Å². The normalized spacial score (nSPS) is 11.9. The minimum atomic E-state index is 0.556. The second-order valence-corrected chi connectivity index (χ2v) is 15.7. The first-order chi connectivity index (χ1) is 30.3. The monoisotopic (exact) mass is 778 g/mol. The van der Waals surface area contributed by atoms with Gasteiger partial charge >= 0.3 is 0 Å². The van der Waals surface area contributed by atoms with E-state index in [2.05, 4.69) is 184 Å². The van der Waals surface area contributed by atoms with Gasteiger partial charge in [-0.05, 0) is 59.3 Å². The lowest BCUT2D eigenvalue weighted by atomic mass is 10.1. The summed E-state index contributed by atoms with van der Waals surface area (Å²) in [4.78, 5) is 15.8. The van der Waals surface area contributed by atoms with E-state index in [1.54, 1.807) is 0 Å². The zero-order chi connectivity index (χ0) is 40.0. The lowest BCUT2D eigenvalue weighted by molar-refractivity contribution is 0.953. The standard InChI is InChI=1S/C55H34N6/c1-3-16-36(17-4-1)53-56-54(37-18-5-2-6-19-37)58-55(57-53)61-50-32-29-40(59-47-24-12-9-21-41(47)42-22-10-13-25-48(42)59)34-46(50)45-31-30-44-43-23-11-14-26-49(43)60(51(44)52(45)61)39-28-27-35-15-7-8-20-38(35)33-39/h1-34H. The predicted molar refractivity (Wildman–Crippen MR) is 251 cm³/mol. The molecule has 0 unspecified atom stereocenters. The van der Waals surface area contributed by atoms with Crippen LogP contribution in [-0.2, 0) is 0 Å². The molecular weight excluding hydrogens is 745 g/mol.